The molecule has 4 nitrogen and oxygen atoms in total. The van der Waals surface area contributed by atoms with Crippen molar-refractivity contribution in [2.24, 2.45) is 0 Å². The fraction of sp³-hybridized carbons (Fsp3) is 0.310. The molecule has 4 heteroatoms. The summed E-state index contributed by atoms with van der Waals surface area (Å²) >= 11 is 0. The molecule has 0 aromatic heterocycles. The summed E-state index contributed by atoms with van der Waals surface area (Å²) in [5.74, 6) is 0.0979. The number of anilines is 1. The van der Waals surface area contributed by atoms with Crippen LogP contribution in [0.1, 0.15) is 51.0 Å². The van der Waals surface area contributed by atoms with Crippen LogP contribution < -0.4 is 4.90 Å². The summed E-state index contributed by atoms with van der Waals surface area (Å²) in [5.41, 5.74) is 7.48. The van der Waals surface area contributed by atoms with Crippen LogP contribution in [0.25, 0.3) is 0 Å². The number of benzene rings is 3. The predicted octanol–water partition coefficient (Wildman–Crippen LogP) is 5.37. The van der Waals surface area contributed by atoms with Crippen LogP contribution in [0.5, 0.6) is 0 Å². The van der Waals surface area contributed by atoms with Crippen molar-refractivity contribution >= 4 is 11.6 Å². The van der Waals surface area contributed by atoms with Crippen LogP contribution >= 0.6 is 0 Å². The molecule has 0 aliphatic carbocycles. The first-order valence-electron chi connectivity index (χ1n) is 11.7. The van der Waals surface area contributed by atoms with Crippen LogP contribution in [0.4, 0.5) is 5.69 Å². The topological polar surface area (TPSA) is 47.3 Å². The van der Waals surface area contributed by atoms with Crippen LogP contribution in [0.2, 0.25) is 0 Å². The zero-order chi connectivity index (χ0) is 23.0. The summed E-state index contributed by atoms with van der Waals surface area (Å²) in [6, 6.07) is 24.5. The number of hydrogen-bond donors (Lipinski definition) is 0. The molecule has 33 heavy (non-hydrogen) atoms. The summed E-state index contributed by atoms with van der Waals surface area (Å²) in [4.78, 5) is 18.0. The Balaban J connectivity index is 1.37. The van der Waals surface area contributed by atoms with Gasteiger partial charge in [0.1, 0.15) is 0 Å². The molecule has 5 rings (SSSR count). The zero-order valence-electron chi connectivity index (χ0n) is 19.3. The molecule has 1 spiro atoms. The van der Waals surface area contributed by atoms with E-state index in [-0.39, 0.29) is 11.3 Å². The molecule has 0 radical (unpaired) electrons. The van der Waals surface area contributed by atoms with Gasteiger partial charge in [-0.15, -0.1) is 0 Å². The van der Waals surface area contributed by atoms with Crippen LogP contribution in [-0.4, -0.2) is 30.4 Å². The molecular weight excluding hydrogens is 406 g/mol. The van der Waals surface area contributed by atoms with Gasteiger partial charge in [-0.3, -0.25) is 9.69 Å². The minimum Gasteiger partial charge on any atom is -0.307 e. The van der Waals surface area contributed by atoms with Crippen LogP contribution in [0.15, 0.2) is 66.7 Å². The van der Waals surface area contributed by atoms with E-state index in [9.17, 15) is 4.79 Å². The molecule has 0 bridgehead atoms. The van der Waals surface area contributed by atoms with E-state index >= 15 is 0 Å². The van der Waals surface area contributed by atoms with Crippen molar-refractivity contribution in [2.75, 3.05) is 24.5 Å². The number of carbonyl (C=O) groups is 1. The third-order valence-corrected chi connectivity index (χ3v) is 7.29. The Labute approximate surface area is 196 Å². The SMILES string of the molecule is Cc1cccc(C(=O)N2CC3(CCN(Cc4ccc(C#N)cc4)CC3)c3cc(C)ccc32)c1. The molecule has 2 aliphatic heterocycles. The first kappa shape index (κ1) is 21.4. The van der Waals surface area contributed by atoms with Gasteiger partial charge in [-0.05, 0) is 81.2 Å². The van der Waals surface area contributed by atoms with E-state index in [2.05, 4.69) is 48.2 Å². The van der Waals surface area contributed by atoms with Crippen molar-refractivity contribution in [1.29, 1.82) is 5.26 Å². The van der Waals surface area contributed by atoms with Crippen LogP contribution in [0.3, 0.4) is 0 Å². The maximum absolute atomic E-state index is 13.5. The van der Waals surface area contributed by atoms with Gasteiger partial charge in [0, 0.05) is 29.8 Å². The monoisotopic (exact) mass is 435 g/mol. The molecule has 2 heterocycles. The Hall–Kier alpha value is -3.42. The van der Waals surface area contributed by atoms with E-state index in [0.717, 1.165) is 55.8 Å². The number of fused-ring (bicyclic) bond motifs is 2. The highest BCUT2D eigenvalue weighted by atomic mass is 16.2. The third kappa shape index (κ3) is 4.05. The van der Waals surface area contributed by atoms with Gasteiger partial charge in [0.05, 0.1) is 11.6 Å². The number of carbonyl (C=O) groups excluding carboxylic acids is 1. The molecular formula is C29H29N3O. The Bertz CT molecular complexity index is 1230. The Morgan fingerprint density at radius 3 is 2.39 bits per heavy atom. The first-order chi connectivity index (χ1) is 16.0. The minimum absolute atomic E-state index is 0.0159. The van der Waals surface area contributed by atoms with E-state index in [1.165, 1.54) is 16.7 Å². The number of nitrogens with zero attached hydrogens (tertiary/aromatic N) is 3. The summed E-state index contributed by atoms with van der Waals surface area (Å²) in [5, 5.41) is 9.03. The molecule has 0 N–H and O–H groups in total. The average molecular weight is 436 g/mol. The van der Waals surface area contributed by atoms with Gasteiger partial charge in [0.25, 0.3) is 5.91 Å². The minimum atomic E-state index is 0.0159. The number of aryl methyl sites for hydroxylation is 2. The fourth-order valence-electron chi connectivity index (χ4n) is 5.41. The molecule has 0 atom stereocenters. The quantitative estimate of drug-likeness (QED) is 0.556. The fourth-order valence-corrected chi connectivity index (χ4v) is 5.41. The van der Waals surface area contributed by atoms with Crippen molar-refractivity contribution < 1.29 is 4.79 Å². The second-order valence-electron chi connectivity index (χ2n) is 9.65. The lowest BCUT2D eigenvalue weighted by atomic mass is 9.74. The molecule has 1 fully saturated rings. The van der Waals surface area contributed by atoms with E-state index in [0.29, 0.717) is 5.56 Å². The second kappa shape index (κ2) is 8.50. The molecule has 1 amide bonds. The summed E-state index contributed by atoms with van der Waals surface area (Å²) in [7, 11) is 0. The average Bonchev–Trinajstić information content (AvgIpc) is 3.14. The highest BCUT2D eigenvalue weighted by Gasteiger charge is 2.46. The first-order valence-corrected chi connectivity index (χ1v) is 11.7. The number of rotatable bonds is 3. The molecule has 3 aromatic rings. The Morgan fingerprint density at radius 2 is 1.70 bits per heavy atom. The number of amides is 1. The van der Waals surface area contributed by atoms with Crippen molar-refractivity contribution in [1.82, 2.24) is 4.90 Å². The smallest absolute Gasteiger partial charge is 0.258 e. The Kier molecular flexibility index (Phi) is 5.52. The lowest BCUT2D eigenvalue weighted by molar-refractivity contribution is 0.0975. The van der Waals surface area contributed by atoms with Gasteiger partial charge in [-0.1, -0.05) is 47.5 Å². The number of likely N-dealkylation sites (tertiary alicyclic amines) is 1. The van der Waals surface area contributed by atoms with E-state index < -0.39 is 0 Å². The standard InChI is InChI=1S/C29H29N3O/c1-21-4-3-5-25(16-21)28(33)32-20-29(26-17-22(2)6-11-27(26)32)12-14-31(15-13-29)19-24-9-7-23(18-30)8-10-24/h3-11,16-17H,12-15,19-20H2,1-2H3. The van der Waals surface area contributed by atoms with E-state index in [1.807, 2.05) is 48.2 Å². The summed E-state index contributed by atoms with van der Waals surface area (Å²) < 4.78 is 0. The largest absolute Gasteiger partial charge is 0.307 e. The Morgan fingerprint density at radius 1 is 0.970 bits per heavy atom. The van der Waals surface area contributed by atoms with Crippen molar-refractivity contribution in [3.8, 4) is 6.07 Å². The summed E-state index contributed by atoms with van der Waals surface area (Å²) in [6.07, 6.45) is 2.08. The van der Waals surface area contributed by atoms with E-state index in [1.54, 1.807) is 0 Å². The van der Waals surface area contributed by atoms with Gasteiger partial charge in [-0.2, -0.15) is 5.26 Å². The zero-order valence-corrected chi connectivity index (χ0v) is 19.3. The highest BCUT2D eigenvalue weighted by Crippen LogP contribution is 2.48. The maximum atomic E-state index is 13.5. The normalized spacial score (nSPS) is 17.1. The lowest BCUT2D eigenvalue weighted by Gasteiger charge is -2.40. The number of hydrogen-bond acceptors (Lipinski definition) is 3. The van der Waals surface area contributed by atoms with E-state index in [4.69, 9.17) is 5.26 Å². The predicted molar refractivity (Wildman–Crippen MR) is 131 cm³/mol. The second-order valence-corrected chi connectivity index (χ2v) is 9.65. The van der Waals surface area contributed by atoms with Crippen molar-refractivity contribution in [2.45, 2.75) is 38.6 Å². The maximum Gasteiger partial charge on any atom is 0.258 e. The molecule has 0 saturated carbocycles. The third-order valence-electron chi connectivity index (χ3n) is 7.29. The van der Waals surface area contributed by atoms with Gasteiger partial charge < -0.3 is 4.90 Å². The number of piperidine rings is 1. The lowest BCUT2D eigenvalue weighted by Crippen LogP contribution is -2.45. The van der Waals surface area contributed by atoms with Crippen molar-refractivity contribution in [3.05, 3.63) is 100 Å². The van der Waals surface area contributed by atoms with Gasteiger partial charge >= 0.3 is 0 Å². The molecule has 1 saturated heterocycles. The highest BCUT2D eigenvalue weighted by molar-refractivity contribution is 6.07. The van der Waals surface area contributed by atoms with Crippen LogP contribution in [0, 0.1) is 25.2 Å². The van der Waals surface area contributed by atoms with Gasteiger partial charge in [-0.25, -0.2) is 0 Å². The van der Waals surface area contributed by atoms with Crippen molar-refractivity contribution in [3.63, 3.8) is 0 Å². The van der Waals surface area contributed by atoms with Gasteiger partial charge in [0.2, 0.25) is 0 Å². The molecule has 3 aromatic carbocycles. The van der Waals surface area contributed by atoms with Gasteiger partial charge in [0.15, 0.2) is 0 Å². The van der Waals surface area contributed by atoms with Crippen LogP contribution in [-0.2, 0) is 12.0 Å². The molecule has 0 unspecified atom stereocenters. The summed E-state index contributed by atoms with van der Waals surface area (Å²) in [6.45, 7) is 7.82. The molecule has 166 valence electrons. The molecule has 2 aliphatic rings. The number of nitriles is 1.